The number of fused-ring (bicyclic) bond motifs is 9. The maximum atomic E-state index is 6.89. The van der Waals surface area contributed by atoms with E-state index in [0.29, 0.717) is 17.5 Å². The van der Waals surface area contributed by atoms with Crippen LogP contribution < -0.4 is 0 Å². The van der Waals surface area contributed by atoms with Crippen molar-refractivity contribution < 1.29 is 4.42 Å². The predicted molar refractivity (Wildman–Crippen MR) is 215 cm³/mol. The first-order chi connectivity index (χ1) is 26.0. The average Bonchev–Trinajstić information content (AvgIpc) is 3.83. The smallest absolute Gasteiger partial charge is 0.164 e. The van der Waals surface area contributed by atoms with Crippen LogP contribution in [0.4, 0.5) is 0 Å². The molecule has 7 aromatic carbocycles. The fourth-order valence-corrected chi connectivity index (χ4v) is 8.53. The lowest BCUT2D eigenvalue weighted by atomic mass is 9.82. The Bertz CT molecular complexity index is 3020. The van der Waals surface area contributed by atoms with Crippen LogP contribution in [0.15, 0.2) is 162 Å². The van der Waals surface area contributed by atoms with Crippen molar-refractivity contribution >= 4 is 43.7 Å². The zero-order chi connectivity index (χ0) is 35.3. The van der Waals surface area contributed by atoms with Crippen molar-refractivity contribution in [2.75, 3.05) is 0 Å². The largest absolute Gasteiger partial charge is 0.454 e. The number of benzene rings is 7. The molecule has 0 atom stereocenters. The molecule has 0 unspecified atom stereocenters. The van der Waals surface area contributed by atoms with Gasteiger partial charge in [-0.3, -0.25) is 0 Å². The van der Waals surface area contributed by atoms with Gasteiger partial charge < -0.3 is 8.98 Å². The lowest BCUT2D eigenvalue weighted by Gasteiger charge is -2.21. The van der Waals surface area contributed by atoms with Gasteiger partial charge in [-0.15, -0.1) is 0 Å². The Hall–Kier alpha value is -6.85. The van der Waals surface area contributed by atoms with Crippen molar-refractivity contribution in [1.29, 1.82) is 0 Å². The highest BCUT2D eigenvalue weighted by atomic mass is 16.3. The maximum Gasteiger partial charge on any atom is 0.164 e. The minimum atomic E-state index is -0.0985. The molecule has 0 amide bonds. The summed E-state index contributed by atoms with van der Waals surface area (Å²) in [7, 11) is 0. The molecule has 1 aliphatic rings. The van der Waals surface area contributed by atoms with Gasteiger partial charge in [0.25, 0.3) is 0 Å². The van der Waals surface area contributed by atoms with Gasteiger partial charge in [-0.2, -0.15) is 0 Å². The Morgan fingerprint density at radius 1 is 0.472 bits per heavy atom. The maximum absolute atomic E-state index is 6.89. The number of hydrogen-bond acceptors (Lipinski definition) is 4. The van der Waals surface area contributed by atoms with Crippen molar-refractivity contribution in [3.63, 3.8) is 0 Å². The van der Waals surface area contributed by atoms with Crippen molar-refractivity contribution in [1.82, 2.24) is 19.5 Å². The first-order valence-corrected chi connectivity index (χ1v) is 18.0. The van der Waals surface area contributed by atoms with E-state index in [4.69, 9.17) is 19.4 Å². The molecule has 0 saturated heterocycles. The molecule has 3 aromatic heterocycles. The fourth-order valence-electron chi connectivity index (χ4n) is 8.53. The van der Waals surface area contributed by atoms with Gasteiger partial charge in [0.2, 0.25) is 0 Å². The van der Waals surface area contributed by atoms with Gasteiger partial charge in [-0.05, 0) is 58.7 Å². The molecule has 0 saturated carbocycles. The highest BCUT2D eigenvalue weighted by Crippen LogP contribution is 2.51. The first kappa shape index (κ1) is 29.8. The minimum absolute atomic E-state index is 0.0985. The van der Waals surface area contributed by atoms with E-state index in [1.165, 1.54) is 33.0 Å². The lowest BCUT2D eigenvalue weighted by Crippen LogP contribution is -2.14. The van der Waals surface area contributed by atoms with E-state index in [1.807, 2.05) is 72.8 Å². The summed E-state index contributed by atoms with van der Waals surface area (Å²) in [6.07, 6.45) is 0. The molecule has 250 valence electrons. The third-order valence-electron chi connectivity index (χ3n) is 11.1. The van der Waals surface area contributed by atoms with Crippen LogP contribution in [0.1, 0.15) is 25.0 Å². The Morgan fingerprint density at radius 2 is 1.09 bits per heavy atom. The predicted octanol–water partition coefficient (Wildman–Crippen LogP) is 12.2. The molecule has 10 aromatic rings. The SMILES string of the molecule is CC1(C)c2ccccc2-c2cc3c(cc21)c1ccccc1n3-c1ccc(-c2nc(-c3ccccc3)nc(-c3ccccc3)n2)c2c1oc1ccccc12. The molecule has 5 heteroatoms. The van der Waals surface area contributed by atoms with E-state index in [2.05, 4.69) is 103 Å². The standard InChI is InChI=1S/C48H32N4O/c1-48(2)37-22-12-9-19-31(37)35-28-41-36(27-38(35)48)32-20-10-13-23-39(32)52(41)40-26-25-34(43-33-21-11-14-24-42(33)53-44(40)43)47-50-45(29-15-5-3-6-16-29)49-46(51-47)30-17-7-4-8-18-30/h3-28H,1-2H3. The molecule has 0 fully saturated rings. The van der Waals surface area contributed by atoms with Crippen LogP contribution in [-0.2, 0) is 5.41 Å². The van der Waals surface area contributed by atoms with Gasteiger partial charge in [0, 0.05) is 43.7 Å². The third kappa shape index (κ3) is 4.34. The first-order valence-electron chi connectivity index (χ1n) is 18.0. The van der Waals surface area contributed by atoms with Gasteiger partial charge >= 0.3 is 0 Å². The van der Waals surface area contributed by atoms with Gasteiger partial charge in [-0.1, -0.05) is 135 Å². The normalized spacial score (nSPS) is 13.2. The minimum Gasteiger partial charge on any atom is -0.454 e. The number of aromatic nitrogens is 4. The highest BCUT2D eigenvalue weighted by molar-refractivity contribution is 6.17. The van der Waals surface area contributed by atoms with E-state index < -0.39 is 0 Å². The van der Waals surface area contributed by atoms with E-state index >= 15 is 0 Å². The molecule has 0 aliphatic heterocycles. The quantitative estimate of drug-likeness (QED) is 0.186. The molecule has 11 rings (SSSR count). The van der Waals surface area contributed by atoms with Crippen LogP contribution in [0.5, 0.6) is 0 Å². The molecule has 3 heterocycles. The monoisotopic (exact) mass is 680 g/mol. The van der Waals surface area contributed by atoms with Gasteiger partial charge in [-0.25, -0.2) is 15.0 Å². The van der Waals surface area contributed by atoms with Crippen molar-refractivity contribution in [3.05, 3.63) is 169 Å². The molecule has 53 heavy (non-hydrogen) atoms. The summed E-state index contributed by atoms with van der Waals surface area (Å²) in [6.45, 7) is 4.68. The summed E-state index contributed by atoms with van der Waals surface area (Å²) in [5, 5.41) is 4.43. The molecule has 1 aliphatic carbocycles. The molecule has 0 radical (unpaired) electrons. The zero-order valence-corrected chi connectivity index (χ0v) is 29.2. The second kappa shape index (κ2) is 11.1. The molecule has 0 bridgehead atoms. The van der Waals surface area contributed by atoms with Crippen molar-refractivity contribution in [2.45, 2.75) is 19.3 Å². The number of hydrogen-bond donors (Lipinski definition) is 0. The molecular formula is C48H32N4O. The van der Waals surface area contributed by atoms with Gasteiger partial charge in [0.05, 0.1) is 16.7 Å². The molecule has 5 nitrogen and oxygen atoms in total. The summed E-state index contributed by atoms with van der Waals surface area (Å²) >= 11 is 0. The van der Waals surface area contributed by atoms with E-state index in [9.17, 15) is 0 Å². The van der Waals surface area contributed by atoms with E-state index in [-0.39, 0.29) is 5.41 Å². The molecular weight excluding hydrogens is 649 g/mol. The summed E-state index contributed by atoms with van der Waals surface area (Å²) < 4.78 is 9.27. The summed E-state index contributed by atoms with van der Waals surface area (Å²) in [6, 6.07) is 55.2. The third-order valence-corrected chi connectivity index (χ3v) is 11.1. The summed E-state index contributed by atoms with van der Waals surface area (Å²) in [5.74, 6) is 1.84. The Morgan fingerprint density at radius 3 is 1.85 bits per heavy atom. The lowest BCUT2D eigenvalue weighted by molar-refractivity contribution is 0.661. The van der Waals surface area contributed by atoms with Crippen LogP contribution in [0.2, 0.25) is 0 Å². The topological polar surface area (TPSA) is 56.7 Å². The van der Waals surface area contributed by atoms with Crippen molar-refractivity contribution in [3.8, 4) is 51.0 Å². The van der Waals surface area contributed by atoms with Crippen LogP contribution in [0.25, 0.3) is 94.7 Å². The van der Waals surface area contributed by atoms with Crippen LogP contribution in [0, 0.1) is 0 Å². The van der Waals surface area contributed by atoms with Crippen LogP contribution >= 0.6 is 0 Å². The fraction of sp³-hybridized carbons (Fsp3) is 0.0625. The summed E-state index contributed by atoms with van der Waals surface area (Å²) in [5.41, 5.74) is 12.8. The second-order valence-corrected chi connectivity index (χ2v) is 14.4. The Labute approximate surface area is 305 Å². The number of furan rings is 1. The molecule has 0 N–H and O–H groups in total. The van der Waals surface area contributed by atoms with E-state index in [1.54, 1.807) is 0 Å². The van der Waals surface area contributed by atoms with Crippen LogP contribution in [0.3, 0.4) is 0 Å². The average molecular weight is 681 g/mol. The number of para-hydroxylation sites is 2. The van der Waals surface area contributed by atoms with Crippen LogP contribution in [-0.4, -0.2) is 19.5 Å². The van der Waals surface area contributed by atoms with Gasteiger partial charge in [0.1, 0.15) is 5.58 Å². The van der Waals surface area contributed by atoms with Gasteiger partial charge in [0.15, 0.2) is 23.1 Å². The zero-order valence-electron chi connectivity index (χ0n) is 29.2. The van der Waals surface area contributed by atoms with Crippen molar-refractivity contribution in [2.24, 2.45) is 0 Å². The highest BCUT2D eigenvalue weighted by Gasteiger charge is 2.36. The molecule has 0 spiro atoms. The Kier molecular flexibility index (Phi) is 6.23. The number of rotatable bonds is 4. The number of nitrogens with zero attached hydrogens (tertiary/aromatic N) is 4. The van der Waals surface area contributed by atoms with E-state index in [0.717, 1.165) is 55.3 Å². The summed E-state index contributed by atoms with van der Waals surface area (Å²) in [4.78, 5) is 15.2. The Balaban J connectivity index is 1.22. The second-order valence-electron chi connectivity index (χ2n) is 14.4.